The van der Waals surface area contributed by atoms with Crippen molar-refractivity contribution in [3.63, 3.8) is 0 Å². The molecule has 0 N–H and O–H groups in total. The van der Waals surface area contributed by atoms with E-state index in [1.54, 1.807) is 0 Å². The second kappa shape index (κ2) is 6.81. The summed E-state index contributed by atoms with van der Waals surface area (Å²) in [6.45, 7) is 8.28. The number of benzene rings is 1. The fourth-order valence-electron chi connectivity index (χ4n) is 2.32. The van der Waals surface area contributed by atoms with Crippen molar-refractivity contribution in [2.24, 2.45) is 5.41 Å². The number of aryl methyl sites for hydroxylation is 2. The third-order valence-corrected chi connectivity index (χ3v) is 5.19. The lowest BCUT2D eigenvalue weighted by molar-refractivity contribution is 0.153. The van der Waals surface area contributed by atoms with Gasteiger partial charge in [-0.1, -0.05) is 32.0 Å². The highest BCUT2D eigenvalue weighted by Gasteiger charge is 2.32. The van der Waals surface area contributed by atoms with Crippen molar-refractivity contribution in [1.29, 1.82) is 0 Å². The van der Waals surface area contributed by atoms with E-state index in [0.29, 0.717) is 19.4 Å². The smallest absolute Gasteiger partial charge is 0.233 e. The van der Waals surface area contributed by atoms with Gasteiger partial charge in [0.05, 0.1) is 12.4 Å². The van der Waals surface area contributed by atoms with Crippen LogP contribution in [0.2, 0.25) is 0 Å². The van der Waals surface area contributed by atoms with Crippen molar-refractivity contribution in [1.82, 2.24) is 0 Å². The van der Waals surface area contributed by atoms with Crippen molar-refractivity contribution >= 4 is 19.7 Å². The molecule has 0 aliphatic carbocycles. The zero-order chi connectivity index (χ0) is 15.4. The Hall–Kier alpha value is -0.740. The minimum atomic E-state index is -3.54. The molecule has 1 rings (SSSR count). The van der Waals surface area contributed by atoms with E-state index in [0.717, 1.165) is 16.9 Å². The Morgan fingerprint density at radius 3 is 2.05 bits per heavy atom. The lowest BCUT2D eigenvalue weighted by Crippen LogP contribution is -2.34. The lowest BCUT2D eigenvalue weighted by Gasteiger charge is -2.30. The molecular weight excluding hydrogens is 296 g/mol. The number of ether oxygens (including phenoxy) is 1. The molecule has 0 radical (unpaired) electrons. The molecule has 114 valence electrons. The Kier molecular flexibility index (Phi) is 5.90. The van der Waals surface area contributed by atoms with Gasteiger partial charge in [-0.15, -0.1) is 0 Å². The second-order valence-electron chi connectivity index (χ2n) is 5.40. The molecule has 0 aromatic heterocycles. The minimum absolute atomic E-state index is 0.0561. The predicted molar refractivity (Wildman–Crippen MR) is 84.1 cm³/mol. The molecule has 0 heterocycles. The standard InChI is InChI=1S/C15H23ClO3S/c1-5-15(6-2,11-20(16,17)18)10-19-14-12(3)8-7-9-13(14)4/h7-9H,5-6,10-11H2,1-4H3. The Balaban J connectivity index is 2.93. The van der Waals surface area contributed by atoms with Gasteiger partial charge >= 0.3 is 0 Å². The molecule has 5 heteroatoms. The molecule has 0 saturated heterocycles. The summed E-state index contributed by atoms with van der Waals surface area (Å²) < 4.78 is 28.8. The van der Waals surface area contributed by atoms with Crippen LogP contribution in [-0.2, 0) is 9.05 Å². The Morgan fingerprint density at radius 2 is 1.65 bits per heavy atom. The maximum atomic E-state index is 11.4. The maximum Gasteiger partial charge on any atom is 0.233 e. The van der Waals surface area contributed by atoms with Gasteiger partial charge in [0, 0.05) is 16.1 Å². The first-order valence-corrected chi connectivity index (χ1v) is 9.32. The minimum Gasteiger partial charge on any atom is -0.492 e. The van der Waals surface area contributed by atoms with Crippen molar-refractivity contribution in [3.05, 3.63) is 29.3 Å². The predicted octanol–water partition coefficient (Wildman–Crippen LogP) is 4.06. The van der Waals surface area contributed by atoms with Gasteiger partial charge in [0.2, 0.25) is 9.05 Å². The van der Waals surface area contributed by atoms with E-state index in [1.165, 1.54) is 0 Å². The molecule has 3 nitrogen and oxygen atoms in total. The molecule has 0 aliphatic rings. The summed E-state index contributed by atoms with van der Waals surface area (Å²) in [5, 5.41) is 0. The van der Waals surface area contributed by atoms with Gasteiger partial charge < -0.3 is 4.74 Å². The van der Waals surface area contributed by atoms with Gasteiger partial charge in [-0.25, -0.2) is 8.42 Å². The van der Waals surface area contributed by atoms with Crippen LogP contribution in [0.25, 0.3) is 0 Å². The van der Waals surface area contributed by atoms with Crippen molar-refractivity contribution < 1.29 is 13.2 Å². The van der Waals surface area contributed by atoms with E-state index in [9.17, 15) is 8.42 Å². The fraction of sp³-hybridized carbons (Fsp3) is 0.600. The maximum absolute atomic E-state index is 11.4. The Labute approximate surface area is 126 Å². The Morgan fingerprint density at radius 1 is 1.15 bits per heavy atom. The molecular formula is C15H23ClO3S. The van der Waals surface area contributed by atoms with Crippen LogP contribution in [0.1, 0.15) is 37.8 Å². The summed E-state index contributed by atoms with van der Waals surface area (Å²) in [4.78, 5) is 0. The number of hydrogen-bond donors (Lipinski definition) is 0. The number of rotatable bonds is 7. The van der Waals surface area contributed by atoms with Gasteiger partial charge in [0.1, 0.15) is 5.75 Å². The quantitative estimate of drug-likeness (QED) is 0.712. The van der Waals surface area contributed by atoms with E-state index in [2.05, 4.69) is 0 Å². The molecule has 0 bridgehead atoms. The van der Waals surface area contributed by atoms with Crippen LogP contribution in [0.4, 0.5) is 0 Å². The number of halogens is 1. The third kappa shape index (κ3) is 4.67. The average molecular weight is 319 g/mol. The lowest BCUT2D eigenvalue weighted by atomic mass is 9.85. The highest BCUT2D eigenvalue weighted by Crippen LogP contribution is 2.32. The SMILES string of the molecule is CCC(CC)(COc1c(C)cccc1C)CS(=O)(=O)Cl. The fourth-order valence-corrected chi connectivity index (χ4v) is 4.24. The first kappa shape index (κ1) is 17.3. The van der Waals surface area contributed by atoms with Crippen molar-refractivity contribution in [2.75, 3.05) is 12.4 Å². The average Bonchev–Trinajstić information content (AvgIpc) is 2.35. The monoisotopic (exact) mass is 318 g/mol. The van der Waals surface area contributed by atoms with Gasteiger partial charge in [-0.2, -0.15) is 0 Å². The topological polar surface area (TPSA) is 43.4 Å². The highest BCUT2D eigenvalue weighted by atomic mass is 35.7. The van der Waals surface area contributed by atoms with Crippen LogP contribution in [0.15, 0.2) is 18.2 Å². The van der Waals surface area contributed by atoms with Crippen LogP contribution >= 0.6 is 10.7 Å². The first-order valence-electron chi connectivity index (χ1n) is 6.84. The van der Waals surface area contributed by atoms with E-state index in [1.807, 2.05) is 45.9 Å². The van der Waals surface area contributed by atoms with Crippen molar-refractivity contribution in [3.8, 4) is 5.75 Å². The Bertz CT molecular complexity index is 528. The summed E-state index contributed by atoms with van der Waals surface area (Å²) in [6.07, 6.45) is 1.42. The summed E-state index contributed by atoms with van der Waals surface area (Å²) in [5.41, 5.74) is 1.68. The van der Waals surface area contributed by atoms with Crippen LogP contribution < -0.4 is 4.74 Å². The van der Waals surface area contributed by atoms with E-state index in [-0.39, 0.29) is 5.75 Å². The van der Waals surface area contributed by atoms with Crippen molar-refractivity contribution in [2.45, 2.75) is 40.5 Å². The van der Waals surface area contributed by atoms with Crippen LogP contribution in [0.5, 0.6) is 5.75 Å². The molecule has 1 aromatic rings. The van der Waals surface area contributed by atoms with Gasteiger partial charge in [0.25, 0.3) is 0 Å². The van der Waals surface area contributed by atoms with Crippen LogP contribution in [0, 0.1) is 19.3 Å². The summed E-state index contributed by atoms with van der Waals surface area (Å²) >= 11 is 0. The molecule has 0 amide bonds. The van der Waals surface area contributed by atoms with Gasteiger partial charge in [0.15, 0.2) is 0 Å². The summed E-state index contributed by atoms with van der Waals surface area (Å²) in [5.74, 6) is 0.783. The molecule has 1 aromatic carbocycles. The largest absolute Gasteiger partial charge is 0.492 e. The van der Waals surface area contributed by atoms with Gasteiger partial charge in [-0.3, -0.25) is 0 Å². The molecule has 20 heavy (non-hydrogen) atoms. The summed E-state index contributed by atoms with van der Waals surface area (Å²) in [7, 11) is 1.90. The first-order chi connectivity index (χ1) is 9.23. The van der Waals surface area contributed by atoms with E-state index >= 15 is 0 Å². The molecule has 0 aliphatic heterocycles. The molecule has 0 fully saturated rings. The third-order valence-electron chi connectivity index (χ3n) is 3.91. The van der Waals surface area contributed by atoms with Gasteiger partial charge in [-0.05, 0) is 37.8 Å². The number of para-hydroxylation sites is 1. The summed E-state index contributed by atoms with van der Waals surface area (Å²) in [6, 6.07) is 5.95. The second-order valence-corrected chi connectivity index (χ2v) is 8.18. The molecule has 0 spiro atoms. The molecule has 0 atom stereocenters. The molecule has 0 saturated carbocycles. The van der Waals surface area contributed by atoms with Crippen LogP contribution in [-0.4, -0.2) is 20.8 Å². The zero-order valence-corrected chi connectivity index (χ0v) is 14.1. The molecule has 0 unspecified atom stereocenters. The number of hydrogen-bond acceptors (Lipinski definition) is 3. The highest BCUT2D eigenvalue weighted by molar-refractivity contribution is 8.13. The normalized spacial score (nSPS) is 12.4. The van der Waals surface area contributed by atoms with E-state index in [4.69, 9.17) is 15.4 Å². The zero-order valence-electron chi connectivity index (χ0n) is 12.6. The van der Waals surface area contributed by atoms with Crippen LogP contribution in [0.3, 0.4) is 0 Å². The van der Waals surface area contributed by atoms with E-state index < -0.39 is 14.5 Å².